The third-order valence-electron chi connectivity index (χ3n) is 4.67. The van der Waals surface area contributed by atoms with Crippen LogP contribution in [-0.4, -0.2) is 29.6 Å². The summed E-state index contributed by atoms with van der Waals surface area (Å²) in [5.41, 5.74) is 2.92. The van der Waals surface area contributed by atoms with Crippen LogP contribution in [-0.2, 0) is 0 Å². The Morgan fingerprint density at radius 2 is 1.68 bits per heavy atom. The van der Waals surface area contributed by atoms with E-state index in [-0.39, 0.29) is 24.1 Å². The summed E-state index contributed by atoms with van der Waals surface area (Å²) in [6.45, 7) is 1.85. The van der Waals surface area contributed by atoms with E-state index in [0.29, 0.717) is 34.0 Å². The van der Waals surface area contributed by atoms with Gasteiger partial charge in [0.2, 0.25) is 5.82 Å². The molecule has 0 aliphatic rings. The van der Waals surface area contributed by atoms with Crippen molar-refractivity contribution >= 4 is 5.78 Å². The number of carbonyl (C=O) groups excluding carboxylic acids is 1. The third kappa shape index (κ3) is 4.61. The van der Waals surface area contributed by atoms with E-state index in [1.54, 1.807) is 42.5 Å². The fourth-order valence-electron chi connectivity index (χ4n) is 2.94. The summed E-state index contributed by atoms with van der Waals surface area (Å²) in [6.07, 6.45) is 0. The number of benzene rings is 3. The highest BCUT2D eigenvalue weighted by Gasteiger charge is 2.15. The minimum atomic E-state index is -0.343. The number of aryl methyl sites for hydroxylation is 1. The first kappa shape index (κ1) is 20.3. The number of carbonyl (C=O) groups is 1. The van der Waals surface area contributed by atoms with E-state index in [2.05, 4.69) is 10.1 Å². The van der Waals surface area contributed by atoms with Gasteiger partial charge in [0.25, 0.3) is 5.89 Å². The number of hydrogen-bond donors (Lipinski definition) is 0. The van der Waals surface area contributed by atoms with Gasteiger partial charge in [-0.05, 0) is 49.4 Å². The van der Waals surface area contributed by atoms with Crippen LogP contribution >= 0.6 is 0 Å². The zero-order valence-corrected chi connectivity index (χ0v) is 17.0. The summed E-state index contributed by atoms with van der Waals surface area (Å²) in [6, 6.07) is 18.2. The molecule has 0 bridgehead atoms. The highest BCUT2D eigenvalue weighted by atomic mass is 19.1. The van der Waals surface area contributed by atoms with E-state index in [9.17, 15) is 9.18 Å². The van der Waals surface area contributed by atoms with Crippen LogP contribution < -0.4 is 9.47 Å². The van der Waals surface area contributed by atoms with E-state index in [1.807, 2.05) is 19.1 Å². The molecule has 7 heteroatoms. The smallest absolute Gasteiger partial charge is 0.258 e. The number of ether oxygens (including phenoxy) is 2. The molecule has 0 atom stereocenters. The van der Waals surface area contributed by atoms with E-state index in [1.165, 1.54) is 19.2 Å². The minimum absolute atomic E-state index is 0.115. The molecule has 0 aliphatic heterocycles. The maximum atomic E-state index is 13.1. The monoisotopic (exact) mass is 418 g/mol. The molecule has 31 heavy (non-hydrogen) atoms. The Balaban J connectivity index is 1.50. The number of Topliss-reactive ketones (excluding diaryl/α,β-unsaturated/α-hetero) is 1. The van der Waals surface area contributed by atoms with Gasteiger partial charge in [0.1, 0.15) is 5.82 Å². The highest BCUT2D eigenvalue weighted by molar-refractivity contribution is 5.97. The molecule has 0 aliphatic carbocycles. The van der Waals surface area contributed by atoms with Crippen LogP contribution in [0, 0.1) is 12.7 Å². The number of halogens is 1. The van der Waals surface area contributed by atoms with Gasteiger partial charge in [-0.1, -0.05) is 35.0 Å². The van der Waals surface area contributed by atoms with Crippen molar-refractivity contribution in [2.45, 2.75) is 6.92 Å². The van der Waals surface area contributed by atoms with Crippen molar-refractivity contribution in [3.63, 3.8) is 0 Å². The fraction of sp³-hybridized carbons (Fsp3) is 0.125. The maximum absolute atomic E-state index is 13.1. The molecular formula is C24H19FN2O4. The largest absolute Gasteiger partial charge is 0.493 e. The van der Waals surface area contributed by atoms with Crippen molar-refractivity contribution in [3.8, 4) is 34.3 Å². The lowest BCUT2D eigenvalue weighted by Gasteiger charge is -2.11. The van der Waals surface area contributed by atoms with Gasteiger partial charge < -0.3 is 14.0 Å². The lowest BCUT2D eigenvalue weighted by Crippen LogP contribution is -2.12. The molecule has 0 amide bonds. The average molecular weight is 418 g/mol. The van der Waals surface area contributed by atoms with Crippen LogP contribution in [0.4, 0.5) is 4.39 Å². The lowest BCUT2D eigenvalue weighted by atomic mass is 10.1. The predicted octanol–water partition coefficient (Wildman–Crippen LogP) is 5.12. The molecule has 0 saturated heterocycles. The van der Waals surface area contributed by atoms with Gasteiger partial charge in [0.05, 0.1) is 7.11 Å². The number of hydrogen-bond acceptors (Lipinski definition) is 6. The summed E-state index contributed by atoms with van der Waals surface area (Å²) in [7, 11) is 1.51. The van der Waals surface area contributed by atoms with Gasteiger partial charge in [-0.15, -0.1) is 0 Å². The van der Waals surface area contributed by atoms with Crippen LogP contribution in [0.5, 0.6) is 11.5 Å². The van der Waals surface area contributed by atoms with Gasteiger partial charge in [0.15, 0.2) is 23.9 Å². The van der Waals surface area contributed by atoms with Crippen molar-refractivity contribution in [2.75, 3.05) is 13.7 Å². The summed E-state index contributed by atoms with van der Waals surface area (Å²) in [5.74, 6) is 1.01. The first-order chi connectivity index (χ1) is 15.0. The molecule has 0 radical (unpaired) electrons. The molecule has 0 saturated carbocycles. The molecule has 0 N–H and O–H groups in total. The average Bonchev–Trinajstić information content (AvgIpc) is 3.28. The Bertz CT molecular complexity index is 1200. The van der Waals surface area contributed by atoms with Crippen molar-refractivity contribution in [1.82, 2.24) is 10.1 Å². The number of aromatic nitrogens is 2. The van der Waals surface area contributed by atoms with Gasteiger partial charge in [-0.25, -0.2) is 4.39 Å². The summed E-state index contributed by atoms with van der Waals surface area (Å²) in [4.78, 5) is 16.7. The van der Waals surface area contributed by atoms with Gasteiger partial charge >= 0.3 is 0 Å². The van der Waals surface area contributed by atoms with Crippen molar-refractivity contribution < 1.29 is 23.2 Å². The zero-order chi connectivity index (χ0) is 21.8. The second kappa shape index (κ2) is 8.79. The second-order valence-corrected chi connectivity index (χ2v) is 6.87. The molecule has 156 valence electrons. The van der Waals surface area contributed by atoms with Crippen molar-refractivity contribution in [3.05, 3.63) is 83.7 Å². The summed E-state index contributed by atoms with van der Waals surface area (Å²) >= 11 is 0. The molecule has 4 rings (SSSR count). The van der Waals surface area contributed by atoms with Gasteiger partial charge in [0, 0.05) is 16.7 Å². The van der Waals surface area contributed by atoms with Crippen LogP contribution in [0.25, 0.3) is 22.8 Å². The summed E-state index contributed by atoms with van der Waals surface area (Å²) in [5, 5.41) is 3.98. The van der Waals surface area contributed by atoms with E-state index < -0.39 is 0 Å². The molecule has 6 nitrogen and oxygen atoms in total. The topological polar surface area (TPSA) is 74.5 Å². The number of ketones is 1. The molecule has 1 heterocycles. The van der Waals surface area contributed by atoms with Crippen molar-refractivity contribution in [1.29, 1.82) is 0 Å². The normalized spacial score (nSPS) is 10.7. The number of rotatable bonds is 7. The molecule has 0 spiro atoms. The molecule has 0 fully saturated rings. The first-order valence-corrected chi connectivity index (χ1v) is 9.54. The standard InChI is InChI=1S/C24H19FN2O4/c1-15-3-5-16(6-4-15)20(28)14-30-21-12-9-18(13-22(21)29-2)23-26-24(31-27-23)17-7-10-19(25)11-8-17/h3-13H,14H2,1-2H3. The maximum Gasteiger partial charge on any atom is 0.258 e. The van der Waals surface area contributed by atoms with E-state index >= 15 is 0 Å². The molecular weight excluding hydrogens is 399 g/mol. The fourth-order valence-corrected chi connectivity index (χ4v) is 2.94. The molecule has 4 aromatic rings. The lowest BCUT2D eigenvalue weighted by molar-refractivity contribution is 0.0919. The Kier molecular flexibility index (Phi) is 5.75. The Hall–Kier alpha value is -4.00. The Morgan fingerprint density at radius 3 is 2.39 bits per heavy atom. The van der Waals surface area contributed by atoms with Crippen LogP contribution in [0.2, 0.25) is 0 Å². The number of methoxy groups -OCH3 is 1. The second-order valence-electron chi connectivity index (χ2n) is 6.87. The zero-order valence-electron chi connectivity index (χ0n) is 17.0. The van der Waals surface area contributed by atoms with E-state index in [4.69, 9.17) is 14.0 Å². The van der Waals surface area contributed by atoms with Crippen molar-refractivity contribution in [2.24, 2.45) is 0 Å². The van der Waals surface area contributed by atoms with Gasteiger partial charge in [-0.2, -0.15) is 4.98 Å². The van der Waals surface area contributed by atoms with E-state index in [0.717, 1.165) is 5.56 Å². The Labute approximate surface area is 178 Å². The SMILES string of the molecule is COc1cc(-c2noc(-c3ccc(F)cc3)n2)ccc1OCC(=O)c1ccc(C)cc1. The Morgan fingerprint density at radius 1 is 0.968 bits per heavy atom. The summed E-state index contributed by atoms with van der Waals surface area (Å²) < 4.78 is 29.5. The van der Waals surface area contributed by atoms with Crippen LogP contribution in [0.15, 0.2) is 71.3 Å². The molecule has 0 unspecified atom stereocenters. The van der Waals surface area contributed by atoms with Gasteiger partial charge in [-0.3, -0.25) is 4.79 Å². The molecule has 1 aromatic heterocycles. The predicted molar refractivity (Wildman–Crippen MR) is 113 cm³/mol. The molecule has 3 aromatic carbocycles. The first-order valence-electron chi connectivity index (χ1n) is 9.54. The quantitative estimate of drug-likeness (QED) is 0.388. The number of nitrogens with zero attached hydrogens (tertiary/aromatic N) is 2. The highest BCUT2D eigenvalue weighted by Crippen LogP contribution is 2.32. The third-order valence-corrected chi connectivity index (χ3v) is 4.67. The van der Waals surface area contributed by atoms with Crippen LogP contribution in [0.1, 0.15) is 15.9 Å². The minimum Gasteiger partial charge on any atom is -0.493 e. The van der Waals surface area contributed by atoms with Crippen LogP contribution in [0.3, 0.4) is 0 Å².